The normalized spacial score (nSPS) is 11.4. The third-order valence-corrected chi connectivity index (χ3v) is 5.73. The van der Waals surface area contributed by atoms with E-state index in [1.54, 1.807) is 13.0 Å². The molecular formula is C25H24Cl2N6O3. The van der Waals surface area contributed by atoms with Gasteiger partial charge in [0.1, 0.15) is 17.0 Å². The van der Waals surface area contributed by atoms with Crippen LogP contribution >= 0.6 is 24.0 Å². The summed E-state index contributed by atoms with van der Waals surface area (Å²) in [6, 6.07) is 15.2. The summed E-state index contributed by atoms with van der Waals surface area (Å²) in [7, 11) is 0. The van der Waals surface area contributed by atoms with E-state index in [1.165, 1.54) is 24.4 Å². The molecule has 0 bridgehead atoms. The maximum atomic E-state index is 13.0. The molecule has 9 nitrogen and oxygen atoms in total. The van der Waals surface area contributed by atoms with Crippen molar-refractivity contribution in [2.75, 3.05) is 11.9 Å². The Balaban J connectivity index is 0.00000361. The summed E-state index contributed by atoms with van der Waals surface area (Å²) in [5, 5.41) is 6.31. The molecule has 4 rings (SSSR count). The van der Waals surface area contributed by atoms with Crippen molar-refractivity contribution in [3.63, 3.8) is 0 Å². The van der Waals surface area contributed by atoms with Crippen molar-refractivity contribution < 1.29 is 9.59 Å². The molecule has 2 aromatic carbocycles. The molecule has 0 radical (unpaired) electrons. The van der Waals surface area contributed by atoms with Crippen LogP contribution in [0.25, 0.3) is 11.0 Å². The van der Waals surface area contributed by atoms with Crippen LogP contribution in [0.1, 0.15) is 44.6 Å². The molecule has 36 heavy (non-hydrogen) atoms. The number of carbonyl (C=O) groups is 2. The molecule has 11 heteroatoms. The number of aromatic nitrogens is 3. The van der Waals surface area contributed by atoms with Gasteiger partial charge >= 0.3 is 0 Å². The number of nitrogens with two attached hydrogens (primary N) is 1. The number of hydrogen-bond acceptors (Lipinski definition) is 6. The Morgan fingerprint density at radius 3 is 2.58 bits per heavy atom. The van der Waals surface area contributed by atoms with Gasteiger partial charge in [0, 0.05) is 17.1 Å². The minimum Gasteiger partial charge on any atom is -0.345 e. The maximum absolute atomic E-state index is 13.0. The molecule has 4 aromatic rings. The Kier molecular flexibility index (Phi) is 8.76. The van der Waals surface area contributed by atoms with Crippen molar-refractivity contribution >= 4 is 52.5 Å². The SMILES string of the molecule is Cc1ncc2cc(C(=O)Nc3cc(C(=O)N[C@H](CCN)c4ccccc4)ccc3Cl)c(=O)[nH]c2n1.Cl. The molecule has 0 spiro atoms. The molecule has 1 atom stereocenters. The maximum Gasteiger partial charge on any atom is 0.262 e. The predicted octanol–water partition coefficient (Wildman–Crippen LogP) is 3.77. The van der Waals surface area contributed by atoms with Gasteiger partial charge in [0.05, 0.1) is 16.8 Å². The Morgan fingerprint density at radius 2 is 1.86 bits per heavy atom. The summed E-state index contributed by atoms with van der Waals surface area (Å²) in [6.07, 6.45) is 2.08. The van der Waals surface area contributed by atoms with Crippen LogP contribution in [0.3, 0.4) is 0 Å². The number of H-pyrrole nitrogens is 1. The number of aromatic amines is 1. The van der Waals surface area contributed by atoms with Gasteiger partial charge in [0.2, 0.25) is 0 Å². The van der Waals surface area contributed by atoms with E-state index >= 15 is 0 Å². The van der Waals surface area contributed by atoms with Gasteiger partial charge in [-0.3, -0.25) is 14.4 Å². The van der Waals surface area contributed by atoms with Crippen LogP contribution in [0.4, 0.5) is 5.69 Å². The first-order valence-corrected chi connectivity index (χ1v) is 11.3. The number of carbonyl (C=O) groups excluding carboxylic acids is 2. The lowest BCUT2D eigenvalue weighted by Gasteiger charge is -2.19. The minimum atomic E-state index is -0.682. The van der Waals surface area contributed by atoms with Crippen molar-refractivity contribution in [3.8, 4) is 0 Å². The zero-order valence-corrected chi connectivity index (χ0v) is 20.8. The van der Waals surface area contributed by atoms with Crippen LogP contribution in [0.2, 0.25) is 5.02 Å². The summed E-state index contributed by atoms with van der Waals surface area (Å²) in [5.74, 6) is -0.540. The monoisotopic (exact) mass is 526 g/mol. The fraction of sp³-hybridized carbons (Fsp3) is 0.160. The third-order valence-electron chi connectivity index (χ3n) is 5.40. The number of hydrogen-bond donors (Lipinski definition) is 4. The molecule has 0 fully saturated rings. The van der Waals surface area contributed by atoms with Crippen molar-refractivity contribution in [2.45, 2.75) is 19.4 Å². The highest BCUT2D eigenvalue weighted by Crippen LogP contribution is 2.25. The van der Waals surface area contributed by atoms with Gasteiger partial charge in [-0.2, -0.15) is 0 Å². The average molecular weight is 527 g/mol. The van der Waals surface area contributed by atoms with E-state index in [0.29, 0.717) is 35.4 Å². The van der Waals surface area contributed by atoms with Crippen LogP contribution in [-0.4, -0.2) is 33.3 Å². The van der Waals surface area contributed by atoms with Crippen LogP contribution in [-0.2, 0) is 0 Å². The van der Waals surface area contributed by atoms with E-state index in [-0.39, 0.29) is 40.6 Å². The van der Waals surface area contributed by atoms with Crippen molar-refractivity contribution in [2.24, 2.45) is 5.73 Å². The van der Waals surface area contributed by atoms with Gasteiger partial charge in [0.15, 0.2) is 0 Å². The molecule has 5 N–H and O–H groups in total. The number of amides is 2. The second-order valence-electron chi connectivity index (χ2n) is 7.90. The van der Waals surface area contributed by atoms with Gasteiger partial charge in [-0.15, -0.1) is 12.4 Å². The number of anilines is 1. The highest BCUT2D eigenvalue weighted by molar-refractivity contribution is 6.34. The summed E-state index contributed by atoms with van der Waals surface area (Å²) >= 11 is 6.27. The number of nitrogens with zero attached hydrogens (tertiary/aromatic N) is 2. The van der Waals surface area contributed by atoms with E-state index in [2.05, 4.69) is 25.6 Å². The van der Waals surface area contributed by atoms with Crippen molar-refractivity contribution in [1.29, 1.82) is 0 Å². The molecule has 0 aliphatic rings. The largest absolute Gasteiger partial charge is 0.345 e. The zero-order chi connectivity index (χ0) is 24.9. The molecule has 186 valence electrons. The standard InChI is InChI=1S/C25H23ClN6O3.ClH/c1-14-28-13-17-11-18(25(35)32-22(17)29-14)24(34)31-21-12-16(7-8-19(21)26)23(33)30-20(9-10-27)15-5-3-2-4-6-15;/h2-8,11-13,20H,9-10,27H2,1H3,(H,30,33)(H,31,34)(H,28,29,32,35);1H/t20-;/m1./s1. The van der Waals surface area contributed by atoms with Crippen LogP contribution < -0.4 is 21.9 Å². The van der Waals surface area contributed by atoms with E-state index in [4.69, 9.17) is 17.3 Å². The van der Waals surface area contributed by atoms with E-state index in [9.17, 15) is 14.4 Å². The second-order valence-corrected chi connectivity index (χ2v) is 8.30. The average Bonchev–Trinajstić information content (AvgIpc) is 2.85. The second kappa shape index (κ2) is 11.8. The summed E-state index contributed by atoms with van der Waals surface area (Å²) in [5.41, 5.74) is 6.75. The molecule has 0 unspecified atom stereocenters. The van der Waals surface area contributed by atoms with Gasteiger partial charge in [-0.05, 0) is 49.7 Å². The van der Waals surface area contributed by atoms with Gasteiger partial charge in [0.25, 0.3) is 17.4 Å². The smallest absolute Gasteiger partial charge is 0.262 e. The summed E-state index contributed by atoms with van der Waals surface area (Å²) in [4.78, 5) is 49.1. The molecular weight excluding hydrogens is 503 g/mol. The van der Waals surface area contributed by atoms with Crippen LogP contribution in [0.5, 0.6) is 0 Å². The highest BCUT2D eigenvalue weighted by atomic mass is 35.5. The Bertz CT molecular complexity index is 1460. The van der Waals surface area contributed by atoms with E-state index in [1.807, 2.05) is 30.3 Å². The Hall–Kier alpha value is -3.79. The number of pyridine rings is 1. The zero-order valence-electron chi connectivity index (χ0n) is 19.2. The molecule has 0 aliphatic carbocycles. The first-order chi connectivity index (χ1) is 16.9. The number of benzene rings is 2. The van der Waals surface area contributed by atoms with Crippen molar-refractivity contribution in [1.82, 2.24) is 20.3 Å². The van der Waals surface area contributed by atoms with Crippen molar-refractivity contribution in [3.05, 3.63) is 98.7 Å². The lowest BCUT2D eigenvalue weighted by atomic mass is 10.0. The predicted molar refractivity (Wildman–Crippen MR) is 142 cm³/mol. The third kappa shape index (κ3) is 6.06. The van der Waals surface area contributed by atoms with Gasteiger partial charge in [-0.25, -0.2) is 9.97 Å². The fourth-order valence-electron chi connectivity index (χ4n) is 3.62. The van der Waals surface area contributed by atoms with Crippen LogP contribution in [0.15, 0.2) is 65.6 Å². The number of fused-ring (bicyclic) bond motifs is 1. The number of nitrogens with one attached hydrogen (secondary N) is 3. The van der Waals surface area contributed by atoms with E-state index in [0.717, 1.165) is 5.56 Å². The summed E-state index contributed by atoms with van der Waals surface area (Å²) in [6.45, 7) is 2.09. The first-order valence-electron chi connectivity index (χ1n) is 10.9. The fourth-order valence-corrected chi connectivity index (χ4v) is 3.78. The van der Waals surface area contributed by atoms with Crippen LogP contribution in [0, 0.1) is 6.92 Å². The Morgan fingerprint density at radius 1 is 1.11 bits per heavy atom. The molecule has 2 aromatic heterocycles. The summed E-state index contributed by atoms with van der Waals surface area (Å²) < 4.78 is 0. The minimum absolute atomic E-state index is 0. The van der Waals surface area contributed by atoms with Gasteiger partial charge < -0.3 is 21.4 Å². The number of rotatable bonds is 7. The lowest BCUT2D eigenvalue weighted by molar-refractivity contribution is 0.0934. The number of aryl methyl sites for hydroxylation is 1. The quantitative estimate of drug-likeness (QED) is 0.288. The number of halogens is 2. The van der Waals surface area contributed by atoms with E-state index < -0.39 is 11.5 Å². The Labute approximate surface area is 217 Å². The highest BCUT2D eigenvalue weighted by Gasteiger charge is 2.18. The topological polar surface area (TPSA) is 143 Å². The first kappa shape index (κ1) is 26.8. The van der Waals surface area contributed by atoms with Gasteiger partial charge in [-0.1, -0.05) is 41.9 Å². The molecule has 0 saturated heterocycles. The molecule has 0 aliphatic heterocycles. The molecule has 2 amide bonds. The molecule has 2 heterocycles. The molecule has 0 saturated carbocycles. The lowest BCUT2D eigenvalue weighted by Crippen LogP contribution is -2.30.